The number of ether oxygens (including phenoxy) is 1. The molecule has 1 unspecified atom stereocenters. The standard InChI is InChI=1S/C10H17O8P/c1-4-17-19(13,18-5-2)10(14-3,9(11)12)8-6-15-16-7-8/h6H,4-5,7H2,1-3H3,(H,11,12). The van der Waals surface area contributed by atoms with Crippen LogP contribution in [0.15, 0.2) is 11.8 Å². The van der Waals surface area contributed by atoms with E-state index >= 15 is 0 Å². The third kappa shape index (κ3) is 2.68. The Morgan fingerprint density at radius 1 is 1.47 bits per heavy atom. The Balaban J connectivity index is 3.35. The zero-order valence-corrected chi connectivity index (χ0v) is 11.8. The molecular formula is C10H17O8P. The minimum atomic E-state index is -4.12. The van der Waals surface area contributed by atoms with Gasteiger partial charge in [-0.15, -0.1) is 0 Å². The highest BCUT2D eigenvalue weighted by Gasteiger charge is 2.62. The lowest BCUT2D eigenvalue weighted by Gasteiger charge is -2.33. The Hall–Kier alpha value is -0.920. The van der Waals surface area contributed by atoms with Crippen LogP contribution in [0.5, 0.6) is 0 Å². The zero-order valence-electron chi connectivity index (χ0n) is 11.0. The fourth-order valence-electron chi connectivity index (χ4n) is 1.72. The van der Waals surface area contributed by atoms with Crippen molar-refractivity contribution in [1.82, 2.24) is 0 Å². The Morgan fingerprint density at radius 3 is 2.37 bits per heavy atom. The van der Waals surface area contributed by atoms with Crippen molar-refractivity contribution >= 4 is 13.6 Å². The van der Waals surface area contributed by atoms with Gasteiger partial charge in [-0.3, -0.25) is 4.57 Å². The average molecular weight is 296 g/mol. The van der Waals surface area contributed by atoms with Crippen molar-refractivity contribution in [1.29, 1.82) is 0 Å². The predicted molar refractivity (Wildman–Crippen MR) is 63.4 cm³/mol. The number of hydrogen-bond acceptors (Lipinski definition) is 7. The highest BCUT2D eigenvalue weighted by Crippen LogP contribution is 2.63. The maximum absolute atomic E-state index is 12.8. The number of aliphatic carboxylic acids is 1. The molecule has 0 bridgehead atoms. The second kappa shape index (κ2) is 6.49. The summed E-state index contributed by atoms with van der Waals surface area (Å²) >= 11 is 0. The van der Waals surface area contributed by atoms with Crippen LogP contribution in [0.1, 0.15) is 13.8 Å². The molecule has 1 atom stereocenters. The van der Waals surface area contributed by atoms with Gasteiger partial charge >= 0.3 is 13.6 Å². The minimum Gasteiger partial charge on any atom is -0.478 e. The lowest BCUT2D eigenvalue weighted by Crippen LogP contribution is -2.44. The van der Waals surface area contributed by atoms with E-state index in [2.05, 4.69) is 9.78 Å². The van der Waals surface area contributed by atoms with Crippen molar-refractivity contribution in [2.75, 3.05) is 26.9 Å². The first-order valence-electron chi connectivity index (χ1n) is 5.64. The largest absolute Gasteiger partial charge is 0.478 e. The van der Waals surface area contributed by atoms with Crippen molar-refractivity contribution in [2.24, 2.45) is 0 Å². The molecule has 8 nitrogen and oxygen atoms in total. The summed E-state index contributed by atoms with van der Waals surface area (Å²) in [7, 11) is -3.01. The molecule has 19 heavy (non-hydrogen) atoms. The molecule has 9 heteroatoms. The molecule has 0 aromatic rings. The molecule has 1 aliphatic rings. The summed E-state index contributed by atoms with van der Waals surface area (Å²) in [6, 6.07) is 0. The third-order valence-electron chi connectivity index (χ3n) is 2.48. The summed E-state index contributed by atoms with van der Waals surface area (Å²) in [4.78, 5) is 20.8. The second-order valence-electron chi connectivity index (χ2n) is 3.49. The van der Waals surface area contributed by atoms with Crippen molar-refractivity contribution in [3.8, 4) is 0 Å². The van der Waals surface area contributed by atoms with Gasteiger partial charge < -0.3 is 23.8 Å². The van der Waals surface area contributed by atoms with E-state index in [9.17, 15) is 14.5 Å². The van der Waals surface area contributed by atoms with Crippen molar-refractivity contribution < 1.29 is 38.0 Å². The molecule has 1 heterocycles. The van der Waals surface area contributed by atoms with Gasteiger partial charge in [0, 0.05) is 7.11 Å². The van der Waals surface area contributed by atoms with Gasteiger partial charge in [0.25, 0.3) is 5.34 Å². The van der Waals surface area contributed by atoms with Crippen molar-refractivity contribution in [2.45, 2.75) is 19.2 Å². The van der Waals surface area contributed by atoms with Gasteiger partial charge in [-0.1, -0.05) is 0 Å². The maximum Gasteiger partial charge on any atom is 0.378 e. The highest BCUT2D eigenvalue weighted by atomic mass is 31.2. The normalized spacial score (nSPS) is 18.6. The van der Waals surface area contributed by atoms with Gasteiger partial charge in [0.05, 0.1) is 18.8 Å². The molecule has 1 rings (SSSR count). The molecule has 0 amide bonds. The van der Waals surface area contributed by atoms with Crippen LogP contribution in [-0.4, -0.2) is 43.3 Å². The first-order chi connectivity index (χ1) is 8.98. The predicted octanol–water partition coefficient (Wildman–Crippen LogP) is 1.53. The molecule has 0 saturated carbocycles. The summed E-state index contributed by atoms with van der Waals surface area (Å²) in [6.07, 6.45) is 1.03. The Labute approximate surface area is 110 Å². The fourth-order valence-corrected chi connectivity index (χ4v) is 3.77. The molecule has 0 spiro atoms. The van der Waals surface area contributed by atoms with E-state index in [1.54, 1.807) is 13.8 Å². The van der Waals surface area contributed by atoms with Gasteiger partial charge in [-0.25, -0.2) is 4.79 Å². The molecule has 0 aromatic heterocycles. The van der Waals surface area contributed by atoms with E-state index < -0.39 is 18.9 Å². The van der Waals surface area contributed by atoms with E-state index in [1.807, 2.05) is 0 Å². The zero-order chi connectivity index (χ0) is 14.5. The smallest absolute Gasteiger partial charge is 0.378 e. The van der Waals surface area contributed by atoms with E-state index in [0.717, 1.165) is 13.4 Å². The molecule has 110 valence electrons. The monoisotopic (exact) mass is 296 g/mol. The second-order valence-corrected chi connectivity index (χ2v) is 5.63. The lowest BCUT2D eigenvalue weighted by molar-refractivity contribution is -0.222. The first-order valence-corrected chi connectivity index (χ1v) is 7.18. The lowest BCUT2D eigenvalue weighted by atomic mass is 10.1. The molecule has 0 aromatic carbocycles. The van der Waals surface area contributed by atoms with Crippen LogP contribution in [0.25, 0.3) is 0 Å². The number of hydrogen-bond donors (Lipinski definition) is 1. The fraction of sp³-hybridized carbons (Fsp3) is 0.700. The van der Waals surface area contributed by atoms with Gasteiger partial charge in [0.15, 0.2) is 0 Å². The molecule has 1 N–H and O–H groups in total. The van der Waals surface area contributed by atoms with Crippen LogP contribution in [0.3, 0.4) is 0 Å². The van der Waals surface area contributed by atoms with Crippen LogP contribution in [0.4, 0.5) is 0 Å². The van der Waals surface area contributed by atoms with Gasteiger partial charge in [0.2, 0.25) is 0 Å². The maximum atomic E-state index is 12.8. The summed E-state index contributed by atoms with van der Waals surface area (Å²) in [5.74, 6) is -1.50. The molecule has 0 fully saturated rings. The summed E-state index contributed by atoms with van der Waals surface area (Å²) in [5.41, 5.74) is 0.0210. The van der Waals surface area contributed by atoms with Gasteiger partial charge in [-0.2, -0.15) is 4.89 Å². The Kier molecular flexibility index (Phi) is 5.51. The molecule has 0 aliphatic carbocycles. The minimum absolute atomic E-state index is 0.00463. The topological polar surface area (TPSA) is 101 Å². The Bertz CT molecular complexity index is 396. The Morgan fingerprint density at radius 2 is 2.05 bits per heavy atom. The number of carboxylic acids is 1. The SMILES string of the molecule is CCOP(=O)(OCC)C(OC)(C(=O)O)C1=COOC1. The first kappa shape index (κ1) is 16.1. The van der Waals surface area contributed by atoms with Crippen LogP contribution < -0.4 is 0 Å². The van der Waals surface area contributed by atoms with E-state index in [1.165, 1.54) is 0 Å². The van der Waals surface area contributed by atoms with Crippen molar-refractivity contribution in [3.05, 3.63) is 11.8 Å². The molecular weight excluding hydrogens is 279 g/mol. The summed E-state index contributed by atoms with van der Waals surface area (Å²) < 4.78 is 28.0. The van der Waals surface area contributed by atoms with E-state index in [4.69, 9.17) is 13.8 Å². The van der Waals surface area contributed by atoms with Crippen LogP contribution in [0, 0.1) is 0 Å². The third-order valence-corrected chi connectivity index (χ3v) is 5.11. The highest BCUT2D eigenvalue weighted by molar-refractivity contribution is 7.56. The number of rotatable bonds is 8. The summed E-state index contributed by atoms with van der Waals surface area (Å²) in [5, 5.41) is 7.18. The quantitative estimate of drug-likeness (QED) is 0.531. The number of carboxylic acid groups (broad SMARTS) is 1. The van der Waals surface area contributed by atoms with Crippen molar-refractivity contribution in [3.63, 3.8) is 0 Å². The summed E-state index contributed by atoms with van der Waals surface area (Å²) in [6.45, 7) is 2.95. The van der Waals surface area contributed by atoms with E-state index in [-0.39, 0.29) is 25.4 Å². The molecule has 1 aliphatic heterocycles. The van der Waals surface area contributed by atoms with Gasteiger partial charge in [-0.05, 0) is 13.8 Å². The van der Waals surface area contributed by atoms with Gasteiger partial charge in [0.1, 0.15) is 12.9 Å². The molecule has 0 saturated heterocycles. The number of methoxy groups -OCH3 is 1. The average Bonchev–Trinajstić information content (AvgIpc) is 2.84. The van der Waals surface area contributed by atoms with Crippen LogP contribution >= 0.6 is 7.60 Å². The van der Waals surface area contributed by atoms with Crippen LogP contribution in [0.2, 0.25) is 0 Å². The van der Waals surface area contributed by atoms with Crippen LogP contribution in [-0.2, 0) is 32.9 Å². The number of carbonyl (C=O) groups is 1. The molecule has 0 radical (unpaired) electrons. The van der Waals surface area contributed by atoms with E-state index in [0.29, 0.717) is 0 Å².